The van der Waals surface area contributed by atoms with Crippen molar-refractivity contribution in [2.75, 3.05) is 26.2 Å². The van der Waals surface area contributed by atoms with Gasteiger partial charge in [0, 0.05) is 44.7 Å². The van der Waals surface area contributed by atoms with Crippen LogP contribution in [0.25, 0.3) is 0 Å². The molecule has 0 saturated carbocycles. The quantitative estimate of drug-likeness (QED) is 0.339. The fraction of sp³-hybridized carbons (Fsp3) is 0.538. The van der Waals surface area contributed by atoms with Crippen LogP contribution < -0.4 is 10.6 Å². The van der Waals surface area contributed by atoms with E-state index < -0.39 is 6.04 Å². The van der Waals surface area contributed by atoms with Crippen LogP contribution in [-0.4, -0.2) is 77.1 Å². The summed E-state index contributed by atoms with van der Waals surface area (Å²) in [6.07, 6.45) is 2.93. The fourth-order valence-corrected chi connectivity index (χ4v) is 6.25. The number of ether oxygens (including phenoxy) is 1. The lowest BCUT2D eigenvalue weighted by Gasteiger charge is -2.41. The molecule has 4 heterocycles. The Kier molecular flexibility index (Phi) is 9.86. The summed E-state index contributed by atoms with van der Waals surface area (Å²) in [7, 11) is 0. The van der Waals surface area contributed by atoms with Gasteiger partial charge in [-0.1, -0.05) is 23.2 Å². The summed E-state index contributed by atoms with van der Waals surface area (Å²) in [4.78, 5) is 46.0. The third-order valence-corrected chi connectivity index (χ3v) is 8.41. The number of pyridine rings is 1. The molecular formula is C26H33Cl2N5O4S. The molecule has 2 saturated heterocycles. The third kappa shape index (κ3) is 7.16. The standard InChI is InChI=1S/C26H33Cl2N5O4S/c1-16-13-21(27)31-23(28)22(16)24(34)29-8-3-17(2)32-9-4-19(5-10-32)33(14-18-7-12-38-15-18)26(36)30-20-6-11-37-25(20)35/h7,12-13,15,17,19-20H,3-6,8-11,14H2,1-2H3,(H,29,34)(H,30,36)/t17-,20?/m1/s1. The number of rotatable bonds is 9. The van der Waals surface area contributed by atoms with Crippen molar-refractivity contribution in [1.82, 2.24) is 25.4 Å². The molecular weight excluding hydrogens is 549 g/mol. The second-order valence-electron chi connectivity index (χ2n) is 9.81. The molecule has 0 aliphatic carbocycles. The zero-order valence-corrected chi connectivity index (χ0v) is 23.9. The number of amides is 3. The highest BCUT2D eigenvalue weighted by Crippen LogP contribution is 2.24. The average Bonchev–Trinajstić information content (AvgIpc) is 3.53. The van der Waals surface area contributed by atoms with Gasteiger partial charge in [-0.3, -0.25) is 4.79 Å². The van der Waals surface area contributed by atoms with E-state index in [1.165, 1.54) is 0 Å². The summed E-state index contributed by atoms with van der Waals surface area (Å²) in [6.45, 7) is 6.95. The smallest absolute Gasteiger partial charge is 0.328 e. The number of hydrogen-bond acceptors (Lipinski definition) is 7. The first-order chi connectivity index (χ1) is 18.2. The molecule has 4 rings (SSSR count). The Morgan fingerprint density at radius 1 is 1.29 bits per heavy atom. The van der Waals surface area contributed by atoms with E-state index in [0.717, 1.165) is 37.9 Å². The van der Waals surface area contributed by atoms with Crippen LogP contribution in [0.5, 0.6) is 0 Å². The number of nitrogens with one attached hydrogen (secondary N) is 2. The summed E-state index contributed by atoms with van der Waals surface area (Å²) in [5.41, 5.74) is 2.11. The molecule has 0 radical (unpaired) electrons. The van der Waals surface area contributed by atoms with Crippen LogP contribution in [0.1, 0.15) is 54.1 Å². The van der Waals surface area contributed by atoms with Gasteiger partial charge in [-0.05, 0) is 67.1 Å². The van der Waals surface area contributed by atoms with Gasteiger partial charge < -0.3 is 25.2 Å². The zero-order valence-electron chi connectivity index (χ0n) is 21.5. The van der Waals surface area contributed by atoms with Gasteiger partial charge in [-0.25, -0.2) is 14.6 Å². The second kappa shape index (κ2) is 13.1. The number of cyclic esters (lactones) is 1. The van der Waals surface area contributed by atoms with Crippen molar-refractivity contribution < 1.29 is 19.1 Å². The number of piperidine rings is 1. The van der Waals surface area contributed by atoms with Crippen molar-refractivity contribution >= 4 is 52.4 Å². The van der Waals surface area contributed by atoms with Crippen molar-refractivity contribution in [3.05, 3.63) is 49.9 Å². The fourth-order valence-electron chi connectivity index (χ4n) is 4.98. The molecule has 12 heteroatoms. The molecule has 2 aliphatic heterocycles. The Morgan fingerprint density at radius 2 is 2.05 bits per heavy atom. The van der Waals surface area contributed by atoms with Crippen LogP contribution in [0.3, 0.4) is 0 Å². The maximum absolute atomic E-state index is 13.2. The van der Waals surface area contributed by atoms with Crippen molar-refractivity contribution in [2.45, 2.75) is 64.2 Å². The molecule has 2 aromatic rings. The number of aryl methyl sites for hydroxylation is 1. The zero-order chi connectivity index (χ0) is 27.2. The molecule has 2 fully saturated rings. The molecule has 2 aromatic heterocycles. The maximum Gasteiger partial charge on any atom is 0.328 e. The number of hydrogen-bond donors (Lipinski definition) is 2. The normalized spacial score (nSPS) is 19.2. The summed E-state index contributed by atoms with van der Waals surface area (Å²) in [6, 6.07) is 3.16. The van der Waals surface area contributed by atoms with Crippen LogP contribution in [-0.2, 0) is 16.1 Å². The lowest BCUT2D eigenvalue weighted by atomic mass is 10.0. The second-order valence-corrected chi connectivity index (χ2v) is 11.3. The Labute approximate surface area is 236 Å². The van der Waals surface area contributed by atoms with Crippen LogP contribution in [0.4, 0.5) is 4.79 Å². The molecule has 9 nitrogen and oxygen atoms in total. The Bertz CT molecular complexity index is 1120. The predicted molar refractivity (Wildman–Crippen MR) is 148 cm³/mol. The average molecular weight is 583 g/mol. The van der Waals surface area contributed by atoms with E-state index in [-0.39, 0.29) is 40.3 Å². The Balaban J connectivity index is 1.28. The lowest BCUT2D eigenvalue weighted by molar-refractivity contribution is -0.139. The van der Waals surface area contributed by atoms with Crippen LogP contribution >= 0.6 is 34.5 Å². The van der Waals surface area contributed by atoms with Crippen molar-refractivity contribution in [1.29, 1.82) is 0 Å². The molecule has 1 unspecified atom stereocenters. The van der Waals surface area contributed by atoms with E-state index >= 15 is 0 Å². The van der Waals surface area contributed by atoms with Crippen LogP contribution in [0.2, 0.25) is 10.3 Å². The minimum atomic E-state index is -0.579. The van der Waals surface area contributed by atoms with Crippen LogP contribution in [0, 0.1) is 6.92 Å². The first kappa shape index (κ1) is 28.6. The molecule has 0 bridgehead atoms. The van der Waals surface area contributed by atoms with Gasteiger partial charge in [-0.2, -0.15) is 11.3 Å². The van der Waals surface area contributed by atoms with Gasteiger partial charge in [0.05, 0.1) is 12.2 Å². The SMILES string of the molecule is Cc1cc(Cl)nc(Cl)c1C(=O)NCC[C@@H](C)N1CCC(N(Cc2ccsc2)C(=O)NC2CCOC2=O)CC1. The van der Waals surface area contributed by atoms with E-state index in [1.807, 2.05) is 21.7 Å². The minimum Gasteiger partial charge on any atom is -0.464 e. The number of esters is 1. The molecule has 0 spiro atoms. The monoisotopic (exact) mass is 581 g/mol. The number of nitrogens with zero attached hydrogens (tertiary/aromatic N) is 3. The van der Waals surface area contributed by atoms with Gasteiger partial charge >= 0.3 is 12.0 Å². The Hall–Kier alpha value is -2.40. The van der Waals surface area contributed by atoms with Crippen molar-refractivity contribution in [3.63, 3.8) is 0 Å². The minimum absolute atomic E-state index is 0.0676. The highest BCUT2D eigenvalue weighted by atomic mass is 35.5. The number of urea groups is 1. The van der Waals surface area contributed by atoms with Crippen LogP contribution in [0.15, 0.2) is 22.9 Å². The number of carbonyl (C=O) groups is 3. The van der Waals surface area contributed by atoms with E-state index in [1.54, 1.807) is 24.3 Å². The topological polar surface area (TPSA) is 104 Å². The number of aromatic nitrogens is 1. The van der Waals surface area contributed by atoms with E-state index in [2.05, 4.69) is 27.4 Å². The number of thiophene rings is 1. The largest absolute Gasteiger partial charge is 0.464 e. The van der Waals surface area contributed by atoms with Gasteiger partial charge in [-0.15, -0.1) is 0 Å². The van der Waals surface area contributed by atoms with Gasteiger partial charge in [0.2, 0.25) is 0 Å². The maximum atomic E-state index is 13.2. The van der Waals surface area contributed by atoms with E-state index in [4.69, 9.17) is 27.9 Å². The van der Waals surface area contributed by atoms with Gasteiger partial charge in [0.15, 0.2) is 0 Å². The molecule has 38 heavy (non-hydrogen) atoms. The highest BCUT2D eigenvalue weighted by molar-refractivity contribution is 7.07. The number of likely N-dealkylation sites (tertiary alicyclic amines) is 1. The molecule has 2 atom stereocenters. The van der Waals surface area contributed by atoms with Crippen molar-refractivity contribution in [3.8, 4) is 0 Å². The first-order valence-electron chi connectivity index (χ1n) is 12.8. The predicted octanol–water partition coefficient (Wildman–Crippen LogP) is 4.26. The lowest BCUT2D eigenvalue weighted by Crippen LogP contribution is -2.53. The Morgan fingerprint density at radius 3 is 2.68 bits per heavy atom. The summed E-state index contributed by atoms with van der Waals surface area (Å²) < 4.78 is 5.01. The summed E-state index contributed by atoms with van der Waals surface area (Å²) in [5, 5.41) is 10.2. The van der Waals surface area contributed by atoms with E-state index in [0.29, 0.717) is 37.2 Å². The number of halogens is 2. The summed E-state index contributed by atoms with van der Waals surface area (Å²) >= 11 is 13.6. The summed E-state index contributed by atoms with van der Waals surface area (Å²) in [5.74, 6) is -0.627. The third-order valence-electron chi connectivity index (χ3n) is 7.21. The molecule has 2 N–H and O–H groups in total. The molecule has 2 aliphatic rings. The van der Waals surface area contributed by atoms with Crippen molar-refractivity contribution in [2.24, 2.45) is 0 Å². The molecule has 206 valence electrons. The van der Waals surface area contributed by atoms with Gasteiger partial charge in [0.1, 0.15) is 16.3 Å². The molecule has 3 amide bonds. The number of carbonyl (C=O) groups excluding carboxylic acids is 3. The van der Waals surface area contributed by atoms with E-state index in [9.17, 15) is 14.4 Å². The first-order valence-corrected chi connectivity index (χ1v) is 14.5. The molecule has 0 aromatic carbocycles. The highest BCUT2D eigenvalue weighted by Gasteiger charge is 2.34. The van der Waals surface area contributed by atoms with Gasteiger partial charge in [0.25, 0.3) is 5.91 Å².